The first-order valence-electron chi connectivity index (χ1n) is 10.4. The maximum absolute atomic E-state index is 12.5. The van der Waals surface area contributed by atoms with Gasteiger partial charge >= 0.3 is 5.97 Å². The molecule has 6 heteroatoms. The van der Waals surface area contributed by atoms with Crippen molar-refractivity contribution in [2.75, 3.05) is 5.32 Å². The molecule has 28 heavy (non-hydrogen) atoms. The minimum absolute atomic E-state index is 0.0219. The Morgan fingerprint density at radius 2 is 1.46 bits per heavy atom. The minimum Gasteiger partial charge on any atom is -0.481 e. The monoisotopic (exact) mass is 386 g/mol. The van der Waals surface area contributed by atoms with E-state index in [2.05, 4.69) is 10.6 Å². The molecule has 2 aliphatic carbocycles. The topological polar surface area (TPSA) is 95.5 Å². The fraction of sp³-hybridized carbons (Fsp3) is 0.591. The van der Waals surface area contributed by atoms with Crippen LogP contribution in [0, 0.1) is 11.8 Å². The second-order valence-electron chi connectivity index (χ2n) is 8.12. The van der Waals surface area contributed by atoms with Crippen molar-refractivity contribution in [2.45, 2.75) is 70.3 Å². The lowest BCUT2D eigenvalue weighted by atomic mass is 9.85. The third kappa shape index (κ3) is 5.81. The van der Waals surface area contributed by atoms with Crippen molar-refractivity contribution in [2.24, 2.45) is 11.8 Å². The first kappa shape index (κ1) is 20.4. The Labute approximate surface area is 166 Å². The highest BCUT2D eigenvalue weighted by Crippen LogP contribution is 2.28. The van der Waals surface area contributed by atoms with Gasteiger partial charge in [0.05, 0.1) is 0 Å². The van der Waals surface area contributed by atoms with Crippen LogP contribution in [0.4, 0.5) is 5.69 Å². The Kier molecular flexibility index (Phi) is 7.06. The molecule has 2 saturated carbocycles. The standard InChI is InChI=1S/C22H30N2O4/c25-20(26)14-7-15-5-10-18(11-6-15)23-22(28)17-8-12-19(13-9-17)24-21(27)16-3-1-2-4-16/h5-6,10-11,16-17,19H,1-4,7-9,12-14H2,(H,23,28)(H,24,27)(H,25,26). The number of amides is 2. The van der Waals surface area contributed by atoms with Crippen LogP contribution in [0.1, 0.15) is 63.4 Å². The van der Waals surface area contributed by atoms with Crippen LogP contribution in [-0.4, -0.2) is 28.9 Å². The van der Waals surface area contributed by atoms with Crippen molar-refractivity contribution < 1.29 is 19.5 Å². The van der Waals surface area contributed by atoms with Crippen LogP contribution >= 0.6 is 0 Å². The number of hydrogen-bond donors (Lipinski definition) is 3. The number of aliphatic carboxylic acids is 1. The molecule has 0 bridgehead atoms. The van der Waals surface area contributed by atoms with E-state index in [4.69, 9.17) is 5.11 Å². The lowest BCUT2D eigenvalue weighted by Gasteiger charge is -2.29. The number of carbonyl (C=O) groups is 3. The van der Waals surface area contributed by atoms with Crippen LogP contribution in [0.3, 0.4) is 0 Å². The number of aryl methyl sites for hydroxylation is 1. The number of hydrogen-bond acceptors (Lipinski definition) is 3. The van der Waals surface area contributed by atoms with Gasteiger partial charge in [-0.25, -0.2) is 0 Å². The first-order valence-corrected chi connectivity index (χ1v) is 10.4. The molecular weight excluding hydrogens is 356 g/mol. The summed E-state index contributed by atoms with van der Waals surface area (Å²) in [7, 11) is 0. The molecular formula is C22H30N2O4. The van der Waals surface area contributed by atoms with Gasteiger partial charge < -0.3 is 15.7 Å². The molecule has 0 aliphatic heterocycles. The molecule has 6 nitrogen and oxygen atoms in total. The third-order valence-corrected chi connectivity index (χ3v) is 6.02. The number of carboxylic acids is 1. The average molecular weight is 386 g/mol. The van der Waals surface area contributed by atoms with E-state index in [-0.39, 0.29) is 36.1 Å². The van der Waals surface area contributed by atoms with E-state index in [1.165, 1.54) is 0 Å². The van der Waals surface area contributed by atoms with Crippen LogP contribution in [0.25, 0.3) is 0 Å². The summed E-state index contributed by atoms with van der Waals surface area (Å²) < 4.78 is 0. The molecule has 2 aliphatic rings. The van der Waals surface area contributed by atoms with Gasteiger partial charge in [0.1, 0.15) is 0 Å². The summed E-state index contributed by atoms with van der Waals surface area (Å²) in [6.45, 7) is 0. The fourth-order valence-electron chi connectivity index (χ4n) is 4.26. The lowest BCUT2D eigenvalue weighted by molar-refractivity contribution is -0.137. The van der Waals surface area contributed by atoms with Gasteiger partial charge in [0.25, 0.3) is 0 Å². The lowest BCUT2D eigenvalue weighted by Crippen LogP contribution is -2.41. The van der Waals surface area contributed by atoms with Crippen molar-refractivity contribution in [1.29, 1.82) is 0 Å². The molecule has 2 fully saturated rings. The summed E-state index contributed by atoms with van der Waals surface area (Å²) in [5, 5.41) is 14.9. The summed E-state index contributed by atoms with van der Waals surface area (Å²) in [6, 6.07) is 7.55. The highest BCUT2D eigenvalue weighted by atomic mass is 16.4. The molecule has 2 amide bonds. The van der Waals surface area contributed by atoms with Crippen molar-refractivity contribution in [3.05, 3.63) is 29.8 Å². The number of carbonyl (C=O) groups excluding carboxylic acids is 2. The summed E-state index contributed by atoms with van der Waals surface area (Å²) >= 11 is 0. The molecule has 0 radical (unpaired) electrons. The molecule has 152 valence electrons. The number of rotatable bonds is 7. The Morgan fingerprint density at radius 1 is 0.857 bits per heavy atom. The van der Waals surface area contributed by atoms with Crippen molar-refractivity contribution in [1.82, 2.24) is 5.32 Å². The van der Waals surface area contributed by atoms with Gasteiger partial charge in [-0.2, -0.15) is 0 Å². The Morgan fingerprint density at radius 3 is 2.07 bits per heavy atom. The van der Waals surface area contributed by atoms with Crippen molar-refractivity contribution in [3.63, 3.8) is 0 Å². The molecule has 3 N–H and O–H groups in total. The zero-order valence-corrected chi connectivity index (χ0v) is 16.3. The third-order valence-electron chi connectivity index (χ3n) is 6.02. The molecule has 0 unspecified atom stereocenters. The van der Waals surface area contributed by atoms with Crippen molar-refractivity contribution in [3.8, 4) is 0 Å². The van der Waals surface area contributed by atoms with Gasteiger partial charge in [-0.05, 0) is 62.6 Å². The molecule has 3 rings (SSSR count). The second kappa shape index (κ2) is 9.71. The van der Waals surface area contributed by atoms with E-state index in [1.54, 1.807) is 0 Å². The first-order chi connectivity index (χ1) is 13.5. The van der Waals surface area contributed by atoms with Gasteiger partial charge in [0, 0.05) is 30.0 Å². The van der Waals surface area contributed by atoms with Crippen molar-refractivity contribution >= 4 is 23.5 Å². The van der Waals surface area contributed by atoms with Crippen LogP contribution in [0.5, 0.6) is 0 Å². The molecule has 1 aromatic carbocycles. The van der Waals surface area contributed by atoms with Gasteiger partial charge in [-0.1, -0.05) is 25.0 Å². The molecule has 0 atom stereocenters. The maximum Gasteiger partial charge on any atom is 0.303 e. The predicted molar refractivity (Wildman–Crippen MR) is 107 cm³/mol. The fourth-order valence-corrected chi connectivity index (χ4v) is 4.26. The van der Waals surface area contributed by atoms with E-state index in [9.17, 15) is 14.4 Å². The van der Waals surface area contributed by atoms with Crippen LogP contribution < -0.4 is 10.6 Å². The molecule has 0 heterocycles. The van der Waals surface area contributed by atoms with Gasteiger partial charge in [-0.3, -0.25) is 14.4 Å². The number of nitrogens with one attached hydrogen (secondary N) is 2. The number of carboxylic acid groups (broad SMARTS) is 1. The summed E-state index contributed by atoms with van der Waals surface area (Å²) in [4.78, 5) is 35.4. The number of anilines is 1. The second-order valence-corrected chi connectivity index (χ2v) is 8.12. The summed E-state index contributed by atoms with van der Waals surface area (Å²) in [5.41, 5.74) is 1.68. The Bertz CT molecular complexity index is 687. The largest absolute Gasteiger partial charge is 0.481 e. The van der Waals surface area contributed by atoms with E-state index >= 15 is 0 Å². The summed E-state index contributed by atoms with van der Waals surface area (Å²) in [6.07, 6.45) is 8.21. The normalized spacial score (nSPS) is 22.6. The quantitative estimate of drug-likeness (QED) is 0.668. The molecule has 0 spiro atoms. The summed E-state index contributed by atoms with van der Waals surface area (Å²) in [5.74, 6) is -0.412. The molecule has 0 saturated heterocycles. The van der Waals surface area contributed by atoms with Gasteiger partial charge in [0.2, 0.25) is 11.8 Å². The average Bonchev–Trinajstić information content (AvgIpc) is 3.23. The SMILES string of the molecule is O=C(O)CCc1ccc(NC(=O)C2CCC(NC(=O)C3CCCC3)CC2)cc1. The molecule has 1 aromatic rings. The predicted octanol–water partition coefficient (Wildman–Crippen LogP) is 3.51. The van der Waals surface area contributed by atoms with E-state index < -0.39 is 5.97 Å². The Balaban J connectivity index is 1.41. The number of benzene rings is 1. The smallest absolute Gasteiger partial charge is 0.303 e. The van der Waals surface area contributed by atoms with Crippen LogP contribution in [-0.2, 0) is 20.8 Å². The zero-order valence-electron chi connectivity index (χ0n) is 16.3. The van der Waals surface area contributed by atoms with Crippen LogP contribution in [0.2, 0.25) is 0 Å². The highest BCUT2D eigenvalue weighted by Gasteiger charge is 2.29. The van der Waals surface area contributed by atoms with Gasteiger partial charge in [-0.15, -0.1) is 0 Å². The zero-order chi connectivity index (χ0) is 19.9. The van der Waals surface area contributed by atoms with E-state index in [0.29, 0.717) is 6.42 Å². The van der Waals surface area contributed by atoms with E-state index in [0.717, 1.165) is 62.6 Å². The maximum atomic E-state index is 12.5. The Hall–Kier alpha value is -2.37. The highest BCUT2D eigenvalue weighted by molar-refractivity contribution is 5.92. The molecule has 0 aromatic heterocycles. The van der Waals surface area contributed by atoms with Crippen LogP contribution in [0.15, 0.2) is 24.3 Å². The van der Waals surface area contributed by atoms with Gasteiger partial charge in [0.15, 0.2) is 0 Å². The van der Waals surface area contributed by atoms with E-state index in [1.807, 2.05) is 24.3 Å². The minimum atomic E-state index is -0.813.